The van der Waals surface area contributed by atoms with E-state index < -0.39 is 18.0 Å². The number of anilines is 1. The van der Waals surface area contributed by atoms with Crippen molar-refractivity contribution >= 4 is 17.6 Å². The number of carbonyl (C=O) groups excluding carboxylic acids is 2. The molecule has 0 bridgehead atoms. The van der Waals surface area contributed by atoms with Crippen LogP contribution in [0.15, 0.2) is 18.2 Å². The van der Waals surface area contributed by atoms with Crippen LogP contribution in [0.5, 0.6) is 5.75 Å². The van der Waals surface area contributed by atoms with Crippen LogP contribution in [-0.4, -0.2) is 31.8 Å². The van der Waals surface area contributed by atoms with E-state index in [9.17, 15) is 9.59 Å². The molecule has 1 aromatic carbocycles. The summed E-state index contributed by atoms with van der Waals surface area (Å²) in [5.74, 6) is -0.866. The molecule has 0 aromatic heterocycles. The summed E-state index contributed by atoms with van der Waals surface area (Å²) < 4.78 is 14.9. The van der Waals surface area contributed by atoms with Crippen LogP contribution in [-0.2, 0) is 14.3 Å². The van der Waals surface area contributed by atoms with E-state index in [4.69, 9.17) is 15.2 Å². The van der Waals surface area contributed by atoms with Crippen molar-refractivity contribution in [2.24, 2.45) is 0 Å². The van der Waals surface area contributed by atoms with E-state index in [0.717, 1.165) is 0 Å². The van der Waals surface area contributed by atoms with Crippen molar-refractivity contribution < 1.29 is 23.8 Å². The Balaban J connectivity index is 2.94. The third-order valence-corrected chi connectivity index (χ3v) is 2.33. The topological polar surface area (TPSA) is 87.9 Å². The number of ether oxygens (including phenoxy) is 3. The van der Waals surface area contributed by atoms with Gasteiger partial charge in [-0.25, -0.2) is 9.59 Å². The number of benzene rings is 1. The molecule has 1 rings (SSSR count). The van der Waals surface area contributed by atoms with Crippen molar-refractivity contribution in [3.05, 3.63) is 23.8 Å². The molecule has 0 amide bonds. The number of nitrogen functional groups attached to an aromatic ring is 1. The van der Waals surface area contributed by atoms with E-state index in [2.05, 4.69) is 4.74 Å². The van der Waals surface area contributed by atoms with Gasteiger partial charge in [-0.3, -0.25) is 0 Å². The minimum absolute atomic E-state index is 0.165. The highest BCUT2D eigenvalue weighted by molar-refractivity contribution is 5.93. The molecule has 0 fully saturated rings. The molecule has 0 radical (unpaired) electrons. The zero-order chi connectivity index (χ0) is 14.4. The highest BCUT2D eigenvalue weighted by Crippen LogP contribution is 2.23. The minimum Gasteiger partial charge on any atom is -0.478 e. The summed E-state index contributed by atoms with van der Waals surface area (Å²) in [6, 6.07) is 4.51. The van der Waals surface area contributed by atoms with E-state index in [1.165, 1.54) is 26.2 Å². The Morgan fingerprint density at radius 3 is 2.63 bits per heavy atom. The number of hydrogen-bond acceptors (Lipinski definition) is 6. The summed E-state index contributed by atoms with van der Waals surface area (Å²) in [5, 5.41) is 0. The number of rotatable bonds is 5. The van der Waals surface area contributed by atoms with Gasteiger partial charge in [0, 0.05) is 5.69 Å². The van der Waals surface area contributed by atoms with Crippen LogP contribution in [0.2, 0.25) is 0 Å². The van der Waals surface area contributed by atoms with Crippen molar-refractivity contribution in [1.82, 2.24) is 0 Å². The lowest BCUT2D eigenvalue weighted by atomic mass is 10.2. The molecular weight excluding hydrogens is 250 g/mol. The second-order valence-electron chi connectivity index (χ2n) is 3.76. The van der Waals surface area contributed by atoms with Gasteiger partial charge in [-0.1, -0.05) is 0 Å². The molecule has 6 nitrogen and oxygen atoms in total. The van der Waals surface area contributed by atoms with Crippen LogP contribution >= 0.6 is 0 Å². The smallest absolute Gasteiger partial charge is 0.347 e. The first-order valence-electron chi connectivity index (χ1n) is 5.80. The van der Waals surface area contributed by atoms with E-state index in [1.807, 2.05) is 0 Å². The summed E-state index contributed by atoms with van der Waals surface area (Å²) in [5.41, 5.74) is 6.17. The average Bonchev–Trinajstić information content (AvgIpc) is 2.40. The lowest BCUT2D eigenvalue weighted by Crippen LogP contribution is -2.26. The Labute approximate surface area is 111 Å². The third kappa shape index (κ3) is 3.87. The quantitative estimate of drug-likeness (QED) is 0.640. The van der Waals surface area contributed by atoms with E-state index in [1.54, 1.807) is 13.0 Å². The van der Waals surface area contributed by atoms with Gasteiger partial charge in [0.2, 0.25) is 0 Å². The minimum atomic E-state index is -0.827. The standard InChI is InChI=1S/C13H17NO5/c1-4-18-12(15)8(2)19-11-6-5-9(14)7-10(11)13(16)17-3/h5-8H,4,14H2,1-3H3. The van der Waals surface area contributed by atoms with Crippen molar-refractivity contribution in [1.29, 1.82) is 0 Å². The molecule has 0 saturated heterocycles. The van der Waals surface area contributed by atoms with E-state index in [0.29, 0.717) is 5.69 Å². The Morgan fingerprint density at radius 2 is 2.05 bits per heavy atom. The number of carbonyl (C=O) groups is 2. The van der Waals surface area contributed by atoms with Gasteiger partial charge >= 0.3 is 11.9 Å². The molecule has 1 atom stereocenters. The Hall–Kier alpha value is -2.24. The van der Waals surface area contributed by atoms with Gasteiger partial charge in [0.25, 0.3) is 0 Å². The van der Waals surface area contributed by atoms with Gasteiger partial charge in [0.05, 0.1) is 13.7 Å². The Morgan fingerprint density at radius 1 is 1.37 bits per heavy atom. The molecule has 0 aliphatic heterocycles. The van der Waals surface area contributed by atoms with Crippen LogP contribution in [0.3, 0.4) is 0 Å². The summed E-state index contributed by atoms with van der Waals surface area (Å²) >= 11 is 0. The van der Waals surface area contributed by atoms with E-state index in [-0.39, 0.29) is 17.9 Å². The molecule has 0 saturated carbocycles. The maximum Gasteiger partial charge on any atom is 0.347 e. The predicted molar refractivity (Wildman–Crippen MR) is 68.9 cm³/mol. The fraction of sp³-hybridized carbons (Fsp3) is 0.385. The Bertz CT molecular complexity index is 472. The molecule has 6 heteroatoms. The molecule has 0 spiro atoms. The van der Waals surface area contributed by atoms with Crippen molar-refractivity contribution in [2.45, 2.75) is 20.0 Å². The molecule has 0 aliphatic carbocycles. The second-order valence-corrected chi connectivity index (χ2v) is 3.76. The summed E-state index contributed by atoms with van der Waals surface area (Å²) in [6.45, 7) is 3.50. The lowest BCUT2D eigenvalue weighted by Gasteiger charge is -2.15. The monoisotopic (exact) mass is 267 g/mol. The molecule has 1 unspecified atom stereocenters. The number of methoxy groups -OCH3 is 1. The van der Waals surface area contributed by atoms with Crippen LogP contribution < -0.4 is 10.5 Å². The highest BCUT2D eigenvalue weighted by atomic mass is 16.6. The predicted octanol–water partition coefficient (Wildman–Crippen LogP) is 1.39. The van der Waals surface area contributed by atoms with Crippen molar-refractivity contribution in [3.63, 3.8) is 0 Å². The van der Waals surface area contributed by atoms with Gasteiger partial charge in [0.1, 0.15) is 11.3 Å². The van der Waals surface area contributed by atoms with Crippen LogP contribution in [0.4, 0.5) is 5.69 Å². The summed E-state index contributed by atoms with van der Waals surface area (Å²) in [6.07, 6.45) is -0.827. The second kappa shape index (κ2) is 6.63. The van der Waals surface area contributed by atoms with E-state index >= 15 is 0 Å². The third-order valence-electron chi connectivity index (χ3n) is 2.33. The maximum absolute atomic E-state index is 11.6. The Kier molecular flexibility index (Phi) is 5.17. The first kappa shape index (κ1) is 14.8. The van der Waals surface area contributed by atoms with Gasteiger partial charge in [-0.05, 0) is 32.0 Å². The zero-order valence-corrected chi connectivity index (χ0v) is 11.1. The van der Waals surface area contributed by atoms with Gasteiger partial charge < -0.3 is 19.9 Å². The fourth-order valence-electron chi connectivity index (χ4n) is 1.42. The molecular formula is C13H17NO5. The summed E-state index contributed by atoms with van der Waals surface area (Å²) in [4.78, 5) is 23.1. The SMILES string of the molecule is CCOC(=O)C(C)Oc1ccc(N)cc1C(=O)OC. The van der Waals surface area contributed by atoms with Crippen LogP contribution in [0, 0.1) is 0 Å². The average molecular weight is 267 g/mol. The highest BCUT2D eigenvalue weighted by Gasteiger charge is 2.20. The molecule has 104 valence electrons. The normalized spacial score (nSPS) is 11.5. The zero-order valence-electron chi connectivity index (χ0n) is 11.1. The first-order valence-corrected chi connectivity index (χ1v) is 5.80. The van der Waals surface area contributed by atoms with Gasteiger partial charge in [-0.2, -0.15) is 0 Å². The van der Waals surface area contributed by atoms with Crippen molar-refractivity contribution in [2.75, 3.05) is 19.5 Å². The lowest BCUT2D eigenvalue weighted by molar-refractivity contribution is -0.150. The molecule has 0 heterocycles. The molecule has 19 heavy (non-hydrogen) atoms. The largest absolute Gasteiger partial charge is 0.478 e. The molecule has 2 N–H and O–H groups in total. The van der Waals surface area contributed by atoms with Crippen LogP contribution in [0.1, 0.15) is 24.2 Å². The van der Waals surface area contributed by atoms with Gasteiger partial charge in [0.15, 0.2) is 6.10 Å². The maximum atomic E-state index is 11.6. The number of esters is 2. The fourth-order valence-corrected chi connectivity index (χ4v) is 1.42. The first-order chi connectivity index (χ1) is 8.99. The molecule has 1 aromatic rings. The van der Waals surface area contributed by atoms with Crippen LogP contribution in [0.25, 0.3) is 0 Å². The van der Waals surface area contributed by atoms with Crippen molar-refractivity contribution in [3.8, 4) is 5.75 Å². The number of hydrogen-bond donors (Lipinski definition) is 1. The molecule has 0 aliphatic rings. The summed E-state index contributed by atoms with van der Waals surface area (Å²) in [7, 11) is 1.25. The number of nitrogens with two attached hydrogens (primary N) is 1. The van der Waals surface area contributed by atoms with Gasteiger partial charge in [-0.15, -0.1) is 0 Å².